The van der Waals surface area contributed by atoms with Crippen LogP contribution in [0.3, 0.4) is 0 Å². The van der Waals surface area contributed by atoms with Crippen molar-refractivity contribution in [3.63, 3.8) is 0 Å². The van der Waals surface area contributed by atoms with Crippen molar-refractivity contribution in [1.29, 1.82) is 0 Å². The second-order valence-electron chi connectivity index (χ2n) is 9.74. The third-order valence-electron chi connectivity index (χ3n) is 7.19. The summed E-state index contributed by atoms with van der Waals surface area (Å²) in [6.45, 7) is 10.4. The second kappa shape index (κ2) is 6.89. The zero-order valence-electron chi connectivity index (χ0n) is 19.6. The minimum absolute atomic E-state index is 0.0176. The van der Waals surface area contributed by atoms with Crippen LogP contribution in [-0.2, 0) is 17.3 Å². The van der Waals surface area contributed by atoms with Gasteiger partial charge in [0.2, 0.25) is 0 Å². The highest BCUT2D eigenvalue weighted by atomic mass is 16.2. The number of benzene rings is 1. The fraction of sp³-hybridized carbons (Fsp3) is 0.440. The first-order chi connectivity index (χ1) is 15.2. The van der Waals surface area contributed by atoms with Crippen LogP contribution in [0.2, 0.25) is 0 Å². The molecule has 7 heteroatoms. The Bertz CT molecular complexity index is 1230. The summed E-state index contributed by atoms with van der Waals surface area (Å²) in [5.74, 6) is -0.0176. The average molecular weight is 431 g/mol. The number of azo groups is 1. The quantitative estimate of drug-likeness (QED) is 0.766. The number of nitrogens with one attached hydrogen (secondary N) is 2. The number of amides is 1. The fourth-order valence-electron chi connectivity index (χ4n) is 5.74. The van der Waals surface area contributed by atoms with Gasteiger partial charge in [-0.2, -0.15) is 15.3 Å². The Balaban J connectivity index is 1.75. The van der Waals surface area contributed by atoms with E-state index in [2.05, 4.69) is 77.9 Å². The molecule has 1 amide bonds. The van der Waals surface area contributed by atoms with Gasteiger partial charge in [0.1, 0.15) is 0 Å². The van der Waals surface area contributed by atoms with Gasteiger partial charge in [-0.05, 0) is 51.3 Å². The Labute approximate surface area is 188 Å². The molecule has 0 fully saturated rings. The molecule has 2 aromatic rings. The van der Waals surface area contributed by atoms with Crippen molar-refractivity contribution in [1.82, 2.24) is 20.4 Å². The van der Waals surface area contributed by atoms with Gasteiger partial charge in [0, 0.05) is 41.5 Å². The lowest BCUT2D eigenvalue weighted by Gasteiger charge is -2.48. The summed E-state index contributed by atoms with van der Waals surface area (Å²) in [5, 5.41) is 20.0. The summed E-state index contributed by atoms with van der Waals surface area (Å²) in [6.07, 6.45) is 3.07. The fourth-order valence-corrected chi connectivity index (χ4v) is 5.74. The maximum Gasteiger partial charge on any atom is 0.250 e. The molecule has 0 saturated carbocycles. The lowest BCUT2D eigenvalue weighted by molar-refractivity contribution is -0.120. The number of carbonyl (C=O) groups excluding carboxylic acids is 1. The first-order valence-electron chi connectivity index (χ1n) is 11.2. The van der Waals surface area contributed by atoms with Crippen molar-refractivity contribution >= 4 is 5.91 Å². The van der Waals surface area contributed by atoms with Crippen molar-refractivity contribution in [2.75, 3.05) is 0 Å². The van der Waals surface area contributed by atoms with Crippen LogP contribution in [0.15, 0.2) is 57.5 Å². The predicted molar refractivity (Wildman–Crippen MR) is 124 cm³/mol. The minimum Gasteiger partial charge on any atom is -0.362 e. The van der Waals surface area contributed by atoms with E-state index in [0.717, 1.165) is 57.8 Å². The van der Waals surface area contributed by atoms with E-state index in [9.17, 15) is 4.79 Å². The predicted octanol–water partition coefficient (Wildman–Crippen LogP) is 4.18. The first-order valence-corrected chi connectivity index (χ1v) is 11.2. The highest BCUT2D eigenvalue weighted by molar-refractivity contribution is 6.00. The molecule has 0 bridgehead atoms. The molecular formula is C25H30N6O. The van der Waals surface area contributed by atoms with Crippen molar-refractivity contribution in [3.05, 3.63) is 64.3 Å². The van der Waals surface area contributed by atoms with Crippen molar-refractivity contribution < 1.29 is 4.79 Å². The van der Waals surface area contributed by atoms with E-state index in [1.165, 1.54) is 0 Å². The first kappa shape index (κ1) is 20.7. The highest BCUT2D eigenvalue weighted by Crippen LogP contribution is 2.51. The molecule has 1 unspecified atom stereocenters. The summed E-state index contributed by atoms with van der Waals surface area (Å²) in [4.78, 5) is 13.5. The Morgan fingerprint density at radius 1 is 1.25 bits per heavy atom. The normalized spacial score (nSPS) is 25.8. The van der Waals surface area contributed by atoms with E-state index in [4.69, 9.17) is 0 Å². The third kappa shape index (κ3) is 2.80. The smallest absolute Gasteiger partial charge is 0.250 e. The van der Waals surface area contributed by atoms with Crippen LogP contribution in [0.1, 0.15) is 50.6 Å². The number of hydrogen-bond acceptors (Lipinski definition) is 5. The molecule has 32 heavy (non-hydrogen) atoms. The Kier molecular flexibility index (Phi) is 4.45. The van der Waals surface area contributed by atoms with Crippen molar-refractivity contribution in [2.45, 2.75) is 64.6 Å². The molecule has 1 aromatic heterocycles. The van der Waals surface area contributed by atoms with Gasteiger partial charge in [0.25, 0.3) is 5.91 Å². The van der Waals surface area contributed by atoms with Gasteiger partial charge in [0.05, 0.1) is 22.9 Å². The van der Waals surface area contributed by atoms with Gasteiger partial charge >= 0.3 is 0 Å². The third-order valence-corrected chi connectivity index (χ3v) is 7.19. The number of aromatic nitrogens is 2. The van der Waals surface area contributed by atoms with Crippen LogP contribution in [0.4, 0.5) is 0 Å². The standard InChI is InChI=1S/C25H30N6O/c1-7-25(17-10-8-9-16(11-17)20-14(2)30-31(6)15(20)3)18-13-26-29-22(18)27-19-12-24(4,5)28-23(32)21(19)25/h8-11,13,22,27H,7,12H2,1-6H3,(H,28,32)/t22?,25-/m0/s1. The van der Waals surface area contributed by atoms with E-state index in [1.54, 1.807) is 0 Å². The van der Waals surface area contributed by atoms with Crippen molar-refractivity contribution in [3.8, 4) is 11.1 Å². The van der Waals surface area contributed by atoms with Crippen LogP contribution >= 0.6 is 0 Å². The molecule has 0 radical (unpaired) electrons. The topological polar surface area (TPSA) is 83.7 Å². The van der Waals surface area contributed by atoms with E-state index in [-0.39, 0.29) is 17.6 Å². The Hall–Kier alpha value is -3.22. The maximum atomic E-state index is 13.5. The molecule has 7 nitrogen and oxygen atoms in total. The average Bonchev–Trinajstić information content (AvgIpc) is 3.29. The highest BCUT2D eigenvalue weighted by Gasteiger charge is 2.53. The van der Waals surface area contributed by atoms with Gasteiger partial charge in [-0.3, -0.25) is 9.48 Å². The summed E-state index contributed by atoms with van der Waals surface area (Å²) < 4.78 is 1.92. The number of fused-ring (bicyclic) bond motifs is 1. The summed E-state index contributed by atoms with van der Waals surface area (Å²) in [6, 6.07) is 8.56. The zero-order chi connectivity index (χ0) is 22.8. The SMILES string of the molecule is CC[C@]1(c2cccc(-c3c(C)nn(C)c3C)c2)C2=CN=NC2NC2=C1C(=O)NC(C)(C)C2. The molecule has 0 saturated heterocycles. The van der Waals surface area contributed by atoms with E-state index in [0.29, 0.717) is 0 Å². The molecule has 4 heterocycles. The van der Waals surface area contributed by atoms with Crippen LogP contribution in [0.5, 0.6) is 0 Å². The number of rotatable bonds is 3. The van der Waals surface area contributed by atoms with Gasteiger partial charge < -0.3 is 10.6 Å². The molecule has 2 atom stereocenters. The monoisotopic (exact) mass is 430 g/mol. The molecule has 0 aliphatic carbocycles. The molecule has 0 spiro atoms. The second-order valence-corrected chi connectivity index (χ2v) is 9.74. The number of hydrogen-bond donors (Lipinski definition) is 2. The molecule has 3 aliphatic rings. The number of carbonyl (C=O) groups is 1. The van der Waals surface area contributed by atoms with Crippen LogP contribution in [0, 0.1) is 13.8 Å². The van der Waals surface area contributed by atoms with Crippen LogP contribution in [-0.4, -0.2) is 27.4 Å². The Morgan fingerprint density at radius 3 is 2.72 bits per heavy atom. The van der Waals surface area contributed by atoms with Crippen LogP contribution in [0.25, 0.3) is 11.1 Å². The molecule has 2 N–H and O–H groups in total. The molecular weight excluding hydrogens is 400 g/mol. The summed E-state index contributed by atoms with van der Waals surface area (Å²) in [7, 11) is 1.97. The van der Waals surface area contributed by atoms with Gasteiger partial charge in [-0.25, -0.2) is 0 Å². The summed E-state index contributed by atoms with van der Waals surface area (Å²) >= 11 is 0. The van der Waals surface area contributed by atoms with Gasteiger partial charge in [-0.15, -0.1) is 0 Å². The van der Waals surface area contributed by atoms with Crippen molar-refractivity contribution in [2.24, 2.45) is 17.3 Å². The molecule has 5 rings (SSSR count). The van der Waals surface area contributed by atoms with E-state index >= 15 is 0 Å². The number of aryl methyl sites for hydroxylation is 2. The lowest BCUT2D eigenvalue weighted by Crippen LogP contribution is -2.58. The van der Waals surface area contributed by atoms with Gasteiger partial charge in [-0.1, -0.05) is 25.1 Å². The van der Waals surface area contributed by atoms with E-state index in [1.807, 2.05) is 24.9 Å². The van der Waals surface area contributed by atoms with E-state index < -0.39 is 5.41 Å². The zero-order valence-corrected chi connectivity index (χ0v) is 19.6. The molecule has 166 valence electrons. The molecule has 1 aromatic carbocycles. The molecule has 3 aliphatic heterocycles. The minimum atomic E-state index is -0.588. The Morgan fingerprint density at radius 2 is 2.03 bits per heavy atom. The van der Waals surface area contributed by atoms with Gasteiger partial charge in [0.15, 0.2) is 6.17 Å². The summed E-state index contributed by atoms with van der Waals surface area (Å²) in [5.41, 5.74) is 7.37. The number of nitrogens with zero attached hydrogens (tertiary/aromatic N) is 4. The van der Waals surface area contributed by atoms with Crippen LogP contribution < -0.4 is 10.6 Å². The lowest BCUT2D eigenvalue weighted by atomic mass is 9.62. The maximum absolute atomic E-state index is 13.5. The largest absolute Gasteiger partial charge is 0.362 e.